The molecule has 4 heteroatoms. The van der Waals surface area contributed by atoms with E-state index in [-0.39, 0.29) is 17.9 Å². The van der Waals surface area contributed by atoms with Gasteiger partial charge in [0.2, 0.25) is 0 Å². The summed E-state index contributed by atoms with van der Waals surface area (Å²) in [6.07, 6.45) is 9.28. The molecule has 1 aromatic heterocycles. The van der Waals surface area contributed by atoms with Crippen molar-refractivity contribution >= 4 is 5.91 Å². The van der Waals surface area contributed by atoms with E-state index in [2.05, 4.69) is 29.1 Å². The van der Waals surface area contributed by atoms with Crippen molar-refractivity contribution in [2.45, 2.75) is 39.0 Å². The van der Waals surface area contributed by atoms with E-state index in [0.717, 1.165) is 0 Å². The van der Waals surface area contributed by atoms with Crippen LogP contribution in [-0.2, 0) is 0 Å². The van der Waals surface area contributed by atoms with Crippen molar-refractivity contribution in [2.75, 3.05) is 13.2 Å². The van der Waals surface area contributed by atoms with Gasteiger partial charge in [-0.15, -0.1) is 0 Å². The van der Waals surface area contributed by atoms with Gasteiger partial charge in [0.05, 0.1) is 5.56 Å². The van der Waals surface area contributed by atoms with E-state index in [1.54, 1.807) is 18.5 Å². The first-order valence-corrected chi connectivity index (χ1v) is 7.46. The molecule has 0 atom stereocenters. The number of aliphatic hydroxyl groups excluding tert-OH is 1. The molecule has 1 fully saturated rings. The third-order valence-corrected chi connectivity index (χ3v) is 4.05. The lowest BCUT2D eigenvalue weighted by molar-refractivity contribution is 0.0919. The minimum atomic E-state index is -0.200. The number of pyridine rings is 1. The van der Waals surface area contributed by atoms with Gasteiger partial charge in [-0.3, -0.25) is 9.78 Å². The Morgan fingerprint density at radius 3 is 2.86 bits per heavy atom. The standard InChI is InChI=1S/C17H22N2O2/c1-17(7-3-2-4-8-17)13-19-16(21)15-10-14(6-5-9-20)11-18-12-15/h10-12,20H,2-4,7-9,13H2,1H3,(H,19,21). The van der Waals surface area contributed by atoms with Crippen LogP contribution in [0.3, 0.4) is 0 Å². The molecule has 112 valence electrons. The van der Waals surface area contributed by atoms with Crippen LogP contribution >= 0.6 is 0 Å². The molecule has 1 aliphatic carbocycles. The molecule has 4 nitrogen and oxygen atoms in total. The van der Waals surface area contributed by atoms with Crippen LogP contribution in [0.5, 0.6) is 0 Å². The number of nitrogens with one attached hydrogen (secondary N) is 1. The molecule has 0 aliphatic heterocycles. The monoisotopic (exact) mass is 286 g/mol. The molecule has 1 amide bonds. The summed E-state index contributed by atoms with van der Waals surface area (Å²) < 4.78 is 0. The Morgan fingerprint density at radius 1 is 1.38 bits per heavy atom. The fourth-order valence-electron chi connectivity index (χ4n) is 2.75. The topological polar surface area (TPSA) is 62.2 Å². The fourth-order valence-corrected chi connectivity index (χ4v) is 2.75. The van der Waals surface area contributed by atoms with Gasteiger partial charge < -0.3 is 10.4 Å². The van der Waals surface area contributed by atoms with Gasteiger partial charge in [-0.2, -0.15) is 0 Å². The minimum absolute atomic E-state index is 0.109. The van der Waals surface area contributed by atoms with Crippen molar-refractivity contribution in [1.29, 1.82) is 0 Å². The SMILES string of the molecule is CC1(CNC(=O)c2cncc(C#CCO)c2)CCCCC1. The fraction of sp³-hybridized carbons (Fsp3) is 0.529. The number of amides is 1. The van der Waals surface area contributed by atoms with Gasteiger partial charge in [-0.25, -0.2) is 0 Å². The van der Waals surface area contributed by atoms with E-state index >= 15 is 0 Å². The number of hydrogen-bond donors (Lipinski definition) is 2. The lowest BCUT2D eigenvalue weighted by atomic mass is 9.76. The molecule has 0 aromatic carbocycles. The zero-order valence-electron chi connectivity index (χ0n) is 12.5. The quantitative estimate of drug-likeness (QED) is 0.837. The molecule has 0 radical (unpaired) electrons. The second kappa shape index (κ2) is 7.24. The van der Waals surface area contributed by atoms with E-state index in [1.807, 2.05) is 0 Å². The highest BCUT2D eigenvalue weighted by Crippen LogP contribution is 2.34. The third kappa shape index (κ3) is 4.57. The summed E-state index contributed by atoms with van der Waals surface area (Å²) in [6, 6.07) is 1.70. The maximum Gasteiger partial charge on any atom is 0.252 e. The van der Waals surface area contributed by atoms with Crippen LogP contribution < -0.4 is 5.32 Å². The molecule has 0 spiro atoms. The van der Waals surface area contributed by atoms with Crippen molar-refractivity contribution in [3.8, 4) is 11.8 Å². The Morgan fingerprint density at radius 2 is 2.14 bits per heavy atom. The molecule has 1 aromatic rings. The number of carbonyl (C=O) groups excluding carboxylic acids is 1. The molecule has 2 N–H and O–H groups in total. The van der Waals surface area contributed by atoms with Gasteiger partial charge in [0.1, 0.15) is 6.61 Å². The largest absolute Gasteiger partial charge is 0.384 e. The van der Waals surface area contributed by atoms with E-state index in [0.29, 0.717) is 17.7 Å². The van der Waals surface area contributed by atoms with Gasteiger partial charge in [0.25, 0.3) is 5.91 Å². The third-order valence-electron chi connectivity index (χ3n) is 4.05. The van der Waals surface area contributed by atoms with E-state index < -0.39 is 0 Å². The summed E-state index contributed by atoms with van der Waals surface area (Å²) in [5.74, 6) is 5.20. The summed E-state index contributed by atoms with van der Waals surface area (Å²) >= 11 is 0. The lowest BCUT2D eigenvalue weighted by Gasteiger charge is -2.33. The summed E-state index contributed by atoms with van der Waals surface area (Å²) in [6.45, 7) is 2.75. The number of aromatic nitrogens is 1. The highest BCUT2D eigenvalue weighted by molar-refractivity contribution is 5.94. The van der Waals surface area contributed by atoms with Crippen molar-refractivity contribution in [1.82, 2.24) is 10.3 Å². The molecule has 1 saturated carbocycles. The van der Waals surface area contributed by atoms with Crippen LogP contribution in [0.15, 0.2) is 18.5 Å². The first-order valence-electron chi connectivity index (χ1n) is 7.46. The number of carbonyl (C=O) groups is 1. The van der Waals surface area contributed by atoms with Gasteiger partial charge >= 0.3 is 0 Å². The summed E-state index contributed by atoms with van der Waals surface area (Å²) in [5, 5.41) is 11.7. The molecule has 21 heavy (non-hydrogen) atoms. The first kappa shape index (κ1) is 15.5. The molecule has 0 unspecified atom stereocenters. The van der Waals surface area contributed by atoms with Crippen molar-refractivity contribution in [2.24, 2.45) is 5.41 Å². The van der Waals surface area contributed by atoms with Crippen LogP contribution in [0.4, 0.5) is 0 Å². The summed E-state index contributed by atoms with van der Waals surface area (Å²) in [5.41, 5.74) is 1.37. The van der Waals surface area contributed by atoms with Crippen LogP contribution in [0.25, 0.3) is 0 Å². The Kier molecular flexibility index (Phi) is 5.35. The molecule has 1 heterocycles. The van der Waals surface area contributed by atoms with Crippen LogP contribution in [0.2, 0.25) is 0 Å². The first-order chi connectivity index (χ1) is 10.1. The van der Waals surface area contributed by atoms with E-state index in [1.165, 1.54) is 32.1 Å². The van der Waals surface area contributed by atoms with Crippen LogP contribution in [0.1, 0.15) is 54.9 Å². The van der Waals surface area contributed by atoms with E-state index in [4.69, 9.17) is 5.11 Å². The highest BCUT2D eigenvalue weighted by atomic mass is 16.2. The Bertz CT molecular complexity index is 551. The van der Waals surface area contributed by atoms with Gasteiger partial charge in [-0.05, 0) is 24.3 Å². The second-order valence-corrected chi connectivity index (χ2v) is 5.98. The van der Waals surface area contributed by atoms with Crippen molar-refractivity contribution < 1.29 is 9.90 Å². The van der Waals surface area contributed by atoms with Crippen molar-refractivity contribution in [3.63, 3.8) is 0 Å². The maximum atomic E-state index is 12.2. The predicted octanol–water partition coefficient (Wildman–Crippen LogP) is 2.13. The van der Waals surface area contributed by atoms with Crippen LogP contribution in [-0.4, -0.2) is 29.1 Å². The van der Waals surface area contributed by atoms with Crippen molar-refractivity contribution in [3.05, 3.63) is 29.6 Å². The predicted molar refractivity (Wildman–Crippen MR) is 81.7 cm³/mol. The second-order valence-electron chi connectivity index (χ2n) is 5.98. The van der Waals surface area contributed by atoms with Gasteiger partial charge in [0, 0.05) is 24.5 Å². The molecular weight excluding hydrogens is 264 g/mol. The van der Waals surface area contributed by atoms with E-state index in [9.17, 15) is 4.79 Å². The summed E-state index contributed by atoms with van der Waals surface area (Å²) in [4.78, 5) is 16.2. The molecular formula is C17H22N2O2. The Balaban J connectivity index is 1.96. The Hall–Kier alpha value is -1.86. The van der Waals surface area contributed by atoms with Gasteiger partial charge in [0.15, 0.2) is 0 Å². The van der Waals surface area contributed by atoms with Crippen LogP contribution in [0, 0.1) is 17.3 Å². The lowest BCUT2D eigenvalue weighted by Crippen LogP contribution is -2.37. The maximum absolute atomic E-state index is 12.2. The number of nitrogens with zero attached hydrogens (tertiary/aromatic N) is 1. The van der Waals surface area contributed by atoms with Gasteiger partial charge in [-0.1, -0.05) is 38.0 Å². The molecule has 0 saturated heterocycles. The normalized spacial score (nSPS) is 16.7. The molecule has 0 bridgehead atoms. The Labute approximate surface area is 126 Å². The smallest absolute Gasteiger partial charge is 0.252 e. The molecule has 2 rings (SSSR count). The summed E-state index contributed by atoms with van der Waals surface area (Å²) in [7, 11) is 0. The number of hydrogen-bond acceptors (Lipinski definition) is 3. The average Bonchev–Trinajstić information content (AvgIpc) is 2.52. The zero-order valence-corrected chi connectivity index (χ0v) is 12.5. The molecule has 1 aliphatic rings. The highest BCUT2D eigenvalue weighted by Gasteiger charge is 2.27. The average molecular weight is 286 g/mol. The zero-order chi connectivity index (χ0) is 15.1. The number of aliphatic hydroxyl groups is 1. The number of rotatable bonds is 3. The minimum Gasteiger partial charge on any atom is -0.384 e.